The molecule has 0 radical (unpaired) electrons. The fraction of sp³-hybridized carbons (Fsp3) is 0.281. The summed E-state index contributed by atoms with van der Waals surface area (Å²) >= 11 is 0. The van der Waals surface area contributed by atoms with Gasteiger partial charge >= 0.3 is 5.97 Å². The molecule has 0 unspecified atom stereocenters. The molecule has 0 aliphatic heterocycles. The third-order valence-electron chi connectivity index (χ3n) is 6.19. The molecule has 3 N–H and O–H groups in total. The van der Waals surface area contributed by atoms with Crippen LogP contribution in [-0.2, 0) is 16.0 Å². The molecule has 0 fully saturated rings. The average Bonchev–Trinajstić information content (AvgIpc) is 2.99. The largest absolute Gasteiger partial charge is 0.491 e. The maximum atomic E-state index is 12.5. The van der Waals surface area contributed by atoms with Crippen molar-refractivity contribution >= 4 is 22.8 Å². The van der Waals surface area contributed by atoms with E-state index < -0.39 is 6.10 Å². The molecule has 0 saturated heterocycles. The molecule has 41 heavy (non-hydrogen) atoms. The predicted octanol–water partition coefficient (Wildman–Crippen LogP) is 4.28. The van der Waals surface area contributed by atoms with E-state index in [4.69, 9.17) is 14.2 Å². The number of nitrogens with one attached hydrogen (secondary N) is 2. The lowest BCUT2D eigenvalue weighted by atomic mass is 10.1. The number of aromatic nitrogens is 1. The number of nitrogens with zero attached hydrogens (tertiary/aromatic N) is 1. The number of pyridine rings is 1. The van der Waals surface area contributed by atoms with Gasteiger partial charge in [-0.25, -0.2) is 0 Å². The van der Waals surface area contributed by atoms with Crippen LogP contribution in [0.5, 0.6) is 17.2 Å². The van der Waals surface area contributed by atoms with Crippen LogP contribution >= 0.6 is 0 Å². The summed E-state index contributed by atoms with van der Waals surface area (Å²) in [5.41, 5.74) is 2.21. The van der Waals surface area contributed by atoms with Crippen molar-refractivity contribution in [3.8, 4) is 17.2 Å². The Morgan fingerprint density at radius 2 is 1.76 bits per heavy atom. The van der Waals surface area contributed by atoms with Crippen LogP contribution in [0.2, 0.25) is 0 Å². The number of esters is 1. The lowest BCUT2D eigenvalue weighted by Gasteiger charge is -2.13. The second-order valence-corrected chi connectivity index (χ2v) is 9.33. The first-order valence-corrected chi connectivity index (χ1v) is 13.7. The van der Waals surface area contributed by atoms with Crippen LogP contribution in [0.4, 0.5) is 0 Å². The van der Waals surface area contributed by atoms with Gasteiger partial charge in [0, 0.05) is 30.2 Å². The third kappa shape index (κ3) is 9.30. The topological polar surface area (TPSA) is 119 Å². The van der Waals surface area contributed by atoms with Gasteiger partial charge in [0.15, 0.2) is 0 Å². The minimum absolute atomic E-state index is 0.118. The Morgan fingerprint density at radius 3 is 2.54 bits per heavy atom. The third-order valence-corrected chi connectivity index (χ3v) is 6.19. The zero-order chi connectivity index (χ0) is 28.9. The maximum absolute atomic E-state index is 12.5. The van der Waals surface area contributed by atoms with Crippen molar-refractivity contribution in [2.75, 3.05) is 32.8 Å². The van der Waals surface area contributed by atoms with E-state index in [2.05, 4.69) is 15.6 Å². The van der Waals surface area contributed by atoms with Crippen LogP contribution in [0, 0.1) is 0 Å². The Morgan fingerprint density at radius 1 is 0.951 bits per heavy atom. The van der Waals surface area contributed by atoms with Gasteiger partial charge in [0.1, 0.15) is 30.0 Å². The summed E-state index contributed by atoms with van der Waals surface area (Å²) in [5, 5.41) is 16.9. The molecule has 0 aliphatic rings. The number of hydrogen-bond acceptors (Lipinski definition) is 8. The van der Waals surface area contributed by atoms with Gasteiger partial charge in [-0.05, 0) is 74.0 Å². The Labute approximate surface area is 239 Å². The lowest BCUT2D eigenvalue weighted by Crippen LogP contribution is -2.32. The molecule has 214 valence electrons. The summed E-state index contributed by atoms with van der Waals surface area (Å²) in [7, 11) is 0. The lowest BCUT2D eigenvalue weighted by molar-refractivity contribution is -0.142. The summed E-state index contributed by atoms with van der Waals surface area (Å²) in [4.78, 5) is 28.4. The Balaban J connectivity index is 1.24. The van der Waals surface area contributed by atoms with Gasteiger partial charge in [-0.3, -0.25) is 14.6 Å². The molecule has 9 nitrogen and oxygen atoms in total. The number of hydrogen-bond donors (Lipinski definition) is 3. The zero-order valence-corrected chi connectivity index (χ0v) is 23.0. The van der Waals surface area contributed by atoms with Crippen LogP contribution in [0.3, 0.4) is 0 Å². The van der Waals surface area contributed by atoms with E-state index in [-0.39, 0.29) is 31.4 Å². The molecule has 1 amide bonds. The molecule has 4 rings (SSSR count). The van der Waals surface area contributed by atoms with Gasteiger partial charge in [0.2, 0.25) is 0 Å². The summed E-state index contributed by atoms with van der Waals surface area (Å²) in [5.74, 6) is 1.42. The summed E-state index contributed by atoms with van der Waals surface area (Å²) < 4.78 is 16.6. The summed E-state index contributed by atoms with van der Waals surface area (Å²) in [6.07, 6.45) is 1.96. The van der Waals surface area contributed by atoms with E-state index in [9.17, 15) is 14.7 Å². The highest BCUT2D eigenvalue weighted by atomic mass is 16.5. The van der Waals surface area contributed by atoms with Crippen molar-refractivity contribution in [1.29, 1.82) is 0 Å². The van der Waals surface area contributed by atoms with E-state index in [1.165, 1.54) is 0 Å². The van der Waals surface area contributed by atoms with E-state index in [0.29, 0.717) is 35.7 Å². The SMILES string of the molecule is CCOC(=O)CCNC(=O)c1ccc2c(Oc3ccc(CCNC[C@H](O)COc4ccccc4)cc3)ccnc2c1. The van der Waals surface area contributed by atoms with Crippen molar-refractivity contribution in [3.63, 3.8) is 0 Å². The first-order valence-electron chi connectivity index (χ1n) is 13.7. The van der Waals surface area contributed by atoms with Crippen molar-refractivity contribution in [1.82, 2.24) is 15.6 Å². The molecule has 0 bridgehead atoms. The van der Waals surface area contributed by atoms with E-state index in [1.54, 1.807) is 37.4 Å². The highest BCUT2D eigenvalue weighted by Crippen LogP contribution is 2.29. The van der Waals surface area contributed by atoms with E-state index >= 15 is 0 Å². The molecule has 9 heteroatoms. The van der Waals surface area contributed by atoms with Gasteiger partial charge in [0.05, 0.1) is 18.5 Å². The molecule has 4 aromatic rings. The number of rotatable bonds is 15. The number of aliphatic hydroxyl groups is 1. The van der Waals surface area contributed by atoms with Crippen LogP contribution in [0.15, 0.2) is 85.1 Å². The number of para-hydroxylation sites is 1. The first kappa shape index (κ1) is 29.5. The second-order valence-electron chi connectivity index (χ2n) is 9.33. The average molecular weight is 558 g/mol. The summed E-state index contributed by atoms with van der Waals surface area (Å²) in [6.45, 7) is 3.65. The molecule has 3 aromatic carbocycles. The highest BCUT2D eigenvalue weighted by Gasteiger charge is 2.11. The first-order chi connectivity index (χ1) is 20.0. The second kappa shape index (κ2) is 15.4. The number of ether oxygens (including phenoxy) is 3. The van der Waals surface area contributed by atoms with Crippen molar-refractivity contribution in [2.45, 2.75) is 25.9 Å². The van der Waals surface area contributed by atoms with Crippen LogP contribution in [-0.4, -0.2) is 60.9 Å². The number of benzene rings is 3. The number of amides is 1. The Kier molecular flexibility index (Phi) is 11.1. The molecular weight excluding hydrogens is 522 g/mol. The van der Waals surface area contributed by atoms with Gasteiger partial charge in [-0.15, -0.1) is 0 Å². The smallest absolute Gasteiger partial charge is 0.307 e. The van der Waals surface area contributed by atoms with Crippen LogP contribution < -0.4 is 20.1 Å². The standard InChI is InChI=1S/C32H35N3O6/c1-2-39-31(37)16-19-35-32(38)24-10-13-28-29(20-24)34-18-15-30(28)41-27-11-8-23(9-12-27)14-17-33-21-25(36)22-40-26-6-4-3-5-7-26/h3-13,15,18,20,25,33,36H,2,14,16-17,19,21-22H2,1H3,(H,35,38)/t25-/m0/s1. The number of carbonyl (C=O) groups excluding carboxylic acids is 2. The van der Waals surface area contributed by atoms with Crippen molar-refractivity contribution in [3.05, 3.63) is 96.2 Å². The highest BCUT2D eigenvalue weighted by molar-refractivity contribution is 5.99. The molecule has 0 saturated carbocycles. The molecule has 0 aliphatic carbocycles. The molecule has 1 atom stereocenters. The predicted molar refractivity (Wildman–Crippen MR) is 156 cm³/mol. The van der Waals surface area contributed by atoms with Gasteiger partial charge in [-0.1, -0.05) is 30.3 Å². The fourth-order valence-corrected chi connectivity index (χ4v) is 4.09. The monoisotopic (exact) mass is 557 g/mol. The van der Waals surface area contributed by atoms with Gasteiger partial charge in [-0.2, -0.15) is 0 Å². The van der Waals surface area contributed by atoms with E-state index in [1.807, 2.05) is 54.6 Å². The van der Waals surface area contributed by atoms with Crippen LogP contribution in [0.25, 0.3) is 10.9 Å². The number of carbonyl (C=O) groups is 2. The quantitative estimate of drug-likeness (QED) is 0.146. The Bertz CT molecular complexity index is 1410. The Hall–Kier alpha value is -4.47. The molecule has 0 spiro atoms. The van der Waals surface area contributed by atoms with E-state index in [0.717, 1.165) is 29.7 Å². The molecular formula is C32H35N3O6. The number of aliphatic hydroxyl groups excluding tert-OH is 1. The molecule has 1 aromatic heterocycles. The number of fused-ring (bicyclic) bond motifs is 1. The van der Waals surface area contributed by atoms with Crippen molar-refractivity contribution < 1.29 is 28.9 Å². The normalized spacial score (nSPS) is 11.6. The van der Waals surface area contributed by atoms with Crippen LogP contribution in [0.1, 0.15) is 29.3 Å². The van der Waals surface area contributed by atoms with Gasteiger partial charge in [0.25, 0.3) is 5.91 Å². The fourth-order valence-electron chi connectivity index (χ4n) is 4.09. The maximum Gasteiger partial charge on any atom is 0.307 e. The minimum atomic E-state index is -0.594. The minimum Gasteiger partial charge on any atom is -0.491 e. The zero-order valence-electron chi connectivity index (χ0n) is 23.0. The van der Waals surface area contributed by atoms with Crippen molar-refractivity contribution in [2.24, 2.45) is 0 Å². The summed E-state index contributed by atoms with van der Waals surface area (Å²) in [6, 6.07) is 24.3. The molecule has 1 heterocycles. The van der Waals surface area contributed by atoms with Gasteiger partial charge < -0.3 is 30.0 Å².